The lowest BCUT2D eigenvalue weighted by Crippen LogP contribution is -2.37. The molecule has 0 spiro atoms. The quantitative estimate of drug-likeness (QED) is 0.628. The number of aryl methyl sites for hydroxylation is 1. The number of rotatable bonds is 3. The van der Waals surface area contributed by atoms with Crippen LogP contribution in [0, 0.1) is 12.7 Å². The third-order valence-electron chi connectivity index (χ3n) is 6.57. The van der Waals surface area contributed by atoms with Gasteiger partial charge in [0.15, 0.2) is 0 Å². The summed E-state index contributed by atoms with van der Waals surface area (Å²) in [7, 11) is -3.75. The van der Waals surface area contributed by atoms with Crippen molar-refractivity contribution in [3.63, 3.8) is 0 Å². The number of nitrogens with zero attached hydrogens (tertiary/aromatic N) is 2. The number of halogens is 1. The van der Waals surface area contributed by atoms with Gasteiger partial charge >= 0.3 is 0 Å². The largest absolute Gasteiger partial charge is 0.300 e. The predicted molar refractivity (Wildman–Crippen MR) is 112 cm³/mol. The van der Waals surface area contributed by atoms with Crippen LogP contribution in [0.1, 0.15) is 42.7 Å². The van der Waals surface area contributed by atoms with Crippen molar-refractivity contribution in [1.29, 1.82) is 0 Å². The van der Waals surface area contributed by atoms with Crippen molar-refractivity contribution >= 4 is 20.9 Å². The first-order valence-corrected chi connectivity index (χ1v) is 11.7. The molecule has 2 atom stereocenters. The summed E-state index contributed by atoms with van der Waals surface area (Å²) in [6, 6.07) is 11.9. The third kappa shape index (κ3) is 3.19. The minimum atomic E-state index is -3.75. The second-order valence-electron chi connectivity index (χ2n) is 8.42. The topological polar surface area (TPSA) is 42.3 Å². The molecule has 6 heteroatoms. The minimum Gasteiger partial charge on any atom is -0.300 e. The van der Waals surface area contributed by atoms with Gasteiger partial charge in [-0.15, -0.1) is 0 Å². The van der Waals surface area contributed by atoms with E-state index in [1.165, 1.54) is 28.9 Å². The number of fused-ring (bicyclic) bond motifs is 2. The summed E-state index contributed by atoms with van der Waals surface area (Å²) in [5, 5.41) is 0.720. The molecule has 5 rings (SSSR count). The number of hydrogen-bond donors (Lipinski definition) is 0. The van der Waals surface area contributed by atoms with Crippen LogP contribution >= 0.6 is 0 Å². The summed E-state index contributed by atoms with van der Waals surface area (Å²) in [6.07, 6.45) is 6.17. The zero-order valence-corrected chi connectivity index (χ0v) is 17.3. The molecule has 152 valence electrons. The molecule has 2 unspecified atom stereocenters. The lowest BCUT2D eigenvalue weighted by Gasteiger charge is -2.34. The zero-order chi connectivity index (χ0) is 20.2. The van der Waals surface area contributed by atoms with Gasteiger partial charge in [-0.05, 0) is 93.1 Å². The number of benzene rings is 2. The summed E-state index contributed by atoms with van der Waals surface area (Å²) < 4.78 is 42.3. The molecule has 1 aromatic heterocycles. The van der Waals surface area contributed by atoms with Crippen molar-refractivity contribution in [2.75, 3.05) is 13.1 Å². The SMILES string of the molecule is Cc1cccc(S(=O)(=O)n2cc(C3CCN4CCCC4C3)c3cc(F)ccc32)c1. The molecule has 0 N–H and O–H groups in total. The van der Waals surface area contributed by atoms with E-state index in [1.54, 1.807) is 30.5 Å². The third-order valence-corrected chi connectivity index (χ3v) is 8.24. The van der Waals surface area contributed by atoms with Crippen molar-refractivity contribution in [2.45, 2.75) is 49.5 Å². The Balaban J connectivity index is 1.64. The van der Waals surface area contributed by atoms with Crippen LogP contribution in [0.25, 0.3) is 10.9 Å². The maximum Gasteiger partial charge on any atom is 0.268 e. The van der Waals surface area contributed by atoms with Crippen molar-refractivity contribution in [1.82, 2.24) is 8.87 Å². The van der Waals surface area contributed by atoms with Gasteiger partial charge in [0, 0.05) is 17.6 Å². The van der Waals surface area contributed by atoms with E-state index in [2.05, 4.69) is 4.90 Å². The number of piperidine rings is 1. The molecule has 0 bridgehead atoms. The summed E-state index contributed by atoms with van der Waals surface area (Å²) in [5.41, 5.74) is 2.40. The van der Waals surface area contributed by atoms with E-state index in [4.69, 9.17) is 0 Å². The van der Waals surface area contributed by atoms with Crippen molar-refractivity contribution in [3.8, 4) is 0 Å². The van der Waals surface area contributed by atoms with E-state index in [-0.39, 0.29) is 16.6 Å². The smallest absolute Gasteiger partial charge is 0.268 e. The molecule has 3 heterocycles. The van der Waals surface area contributed by atoms with Gasteiger partial charge in [-0.2, -0.15) is 0 Å². The molecule has 2 saturated heterocycles. The maximum atomic E-state index is 14.1. The van der Waals surface area contributed by atoms with Crippen LogP contribution in [0.15, 0.2) is 53.6 Å². The van der Waals surface area contributed by atoms with Gasteiger partial charge in [-0.1, -0.05) is 12.1 Å². The van der Waals surface area contributed by atoms with E-state index in [0.717, 1.165) is 42.4 Å². The van der Waals surface area contributed by atoms with E-state index in [0.29, 0.717) is 11.6 Å². The van der Waals surface area contributed by atoms with Crippen LogP contribution in [0.2, 0.25) is 0 Å². The monoisotopic (exact) mass is 412 g/mol. The molecule has 0 radical (unpaired) electrons. The van der Waals surface area contributed by atoms with Gasteiger partial charge in [-0.3, -0.25) is 0 Å². The van der Waals surface area contributed by atoms with Crippen molar-refractivity contribution in [2.24, 2.45) is 0 Å². The highest BCUT2D eigenvalue weighted by molar-refractivity contribution is 7.90. The summed E-state index contributed by atoms with van der Waals surface area (Å²) >= 11 is 0. The summed E-state index contributed by atoms with van der Waals surface area (Å²) in [5.74, 6) is -0.0737. The fraction of sp³-hybridized carbons (Fsp3) is 0.391. The first-order chi connectivity index (χ1) is 13.9. The van der Waals surface area contributed by atoms with Gasteiger partial charge in [0.2, 0.25) is 0 Å². The Bertz CT molecular complexity index is 1180. The van der Waals surface area contributed by atoms with E-state index in [9.17, 15) is 12.8 Å². The van der Waals surface area contributed by atoms with Crippen LogP contribution in [0.5, 0.6) is 0 Å². The summed E-state index contributed by atoms with van der Waals surface area (Å²) in [4.78, 5) is 2.80. The van der Waals surface area contributed by atoms with Crippen LogP contribution in [-0.2, 0) is 10.0 Å². The molecule has 2 aromatic carbocycles. The molecular formula is C23H25FN2O2S. The second-order valence-corrected chi connectivity index (χ2v) is 10.2. The lowest BCUT2D eigenvalue weighted by molar-refractivity contribution is 0.181. The molecule has 3 aromatic rings. The number of aromatic nitrogens is 1. The van der Waals surface area contributed by atoms with Gasteiger partial charge in [-0.25, -0.2) is 16.8 Å². The number of hydrogen-bond acceptors (Lipinski definition) is 3. The van der Waals surface area contributed by atoms with E-state index >= 15 is 0 Å². The molecule has 2 aliphatic heterocycles. The van der Waals surface area contributed by atoms with Crippen LogP contribution < -0.4 is 0 Å². The van der Waals surface area contributed by atoms with Gasteiger partial charge in [0.1, 0.15) is 5.82 Å². The Hall–Kier alpha value is -2.18. The standard InChI is InChI=1S/C23H25FN2O2S/c1-16-4-2-6-20(12-16)29(27,28)26-15-22(21-14-18(24)7-8-23(21)26)17-9-11-25-10-3-5-19(25)13-17/h2,4,6-8,12,14-15,17,19H,3,5,9-11,13H2,1H3. The predicted octanol–water partition coefficient (Wildman–Crippen LogP) is 4.67. The Kier molecular flexibility index (Phi) is 4.51. The van der Waals surface area contributed by atoms with Gasteiger partial charge < -0.3 is 4.90 Å². The van der Waals surface area contributed by atoms with Crippen LogP contribution in [0.4, 0.5) is 4.39 Å². The zero-order valence-electron chi connectivity index (χ0n) is 16.5. The highest BCUT2D eigenvalue weighted by atomic mass is 32.2. The maximum absolute atomic E-state index is 14.1. The fourth-order valence-corrected chi connectivity index (χ4v) is 6.60. The first kappa shape index (κ1) is 18.8. The molecule has 0 saturated carbocycles. The fourth-order valence-electron chi connectivity index (χ4n) is 5.12. The molecule has 2 aliphatic rings. The van der Waals surface area contributed by atoms with Gasteiger partial charge in [0.25, 0.3) is 10.0 Å². The Morgan fingerprint density at radius 1 is 1.07 bits per heavy atom. The van der Waals surface area contributed by atoms with E-state index < -0.39 is 10.0 Å². The molecule has 4 nitrogen and oxygen atoms in total. The van der Waals surface area contributed by atoms with Crippen LogP contribution in [-0.4, -0.2) is 36.4 Å². The van der Waals surface area contributed by atoms with Crippen molar-refractivity contribution < 1.29 is 12.8 Å². The minimum absolute atomic E-state index is 0.257. The highest BCUT2D eigenvalue weighted by Crippen LogP contribution is 2.40. The lowest BCUT2D eigenvalue weighted by atomic mass is 9.85. The Morgan fingerprint density at radius 3 is 2.76 bits per heavy atom. The molecule has 29 heavy (non-hydrogen) atoms. The molecule has 0 amide bonds. The summed E-state index contributed by atoms with van der Waals surface area (Å²) in [6.45, 7) is 4.07. The Morgan fingerprint density at radius 2 is 1.93 bits per heavy atom. The second kappa shape index (κ2) is 6.96. The molecule has 2 fully saturated rings. The van der Waals surface area contributed by atoms with Gasteiger partial charge in [0.05, 0.1) is 10.4 Å². The average molecular weight is 413 g/mol. The molecular weight excluding hydrogens is 387 g/mol. The highest BCUT2D eigenvalue weighted by Gasteiger charge is 2.34. The van der Waals surface area contributed by atoms with Crippen LogP contribution in [0.3, 0.4) is 0 Å². The normalized spacial score (nSPS) is 22.8. The molecule has 0 aliphatic carbocycles. The van der Waals surface area contributed by atoms with Crippen molar-refractivity contribution in [3.05, 3.63) is 65.6 Å². The first-order valence-electron chi connectivity index (χ1n) is 10.3. The average Bonchev–Trinajstić information content (AvgIpc) is 3.31. The Labute approximate surface area is 171 Å². The van der Waals surface area contributed by atoms with E-state index in [1.807, 2.05) is 13.0 Å².